The van der Waals surface area contributed by atoms with E-state index < -0.39 is 0 Å². The largest absolute Gasteiger partial charge is 0.420 e. The van der Waals surface area contributed by atoms with Crippen molar-refractivity contribution in [3.63, 3.8) is 0 Å². The smallest absolute Gasteiger partial charge is 0.300 e. The maximum atomic E-state index is 13.6. The molecule has 0 bridgehead atoms. The second-order valence-electron chi connectivity index (χ2n) is 10.9. The summed E-state index contributed by atoms with van der Waals surface area (Å²) < 4.78 is 6.24. The minimum Gasteiger partial charge on any atom is -0.420 e. The van der Waals surface area contributed by atoms with Gasteiger partial charge in [-0.3, -0.25) is 9.69 Å². The van der Waals surface area contributed by atoms with Gasteiger partial charge in [0, 0.05) is 23.1 Å². The number of amidine groups is 1. The third-order valence-corrected chi connectivity index (χ3v) is 8.12. The molecular weight excluding hydrogens is 482 g/mol. The highest BCUT2D eigenvalue weighted by Crippen LogP contribution is 2.35. The highest BCUT2D eigenvalue weighted by Gasteiger charge is 2.40. The summed E-state index contributed by atoms with van der Waals surface area (Å²) in [4.78, 5) is 22.7. The second kappa shape index (κ2) is 11.9. The fourth-order valence-electron chi connectivity index (χ4n) is 6.08. The van der Waals surface area contributed by atoms with Crippen molar-refractivity contribution in [3.05, 3.63) is 96.3 Å². The molecule has 2 saturated carbocycles. The monoisotopic (exact) mass is 519 g/mol. The molecule has 39 heavy (non-hydrogen) atoms. The Balaban J connectivity index is 1.28. The van der Waals surface area contributed by atoms with Crippen molar-refractivity contribution in [1.82, 2.24) is 4.90 Å². The standard InChI is InChI=1S/C34H37N3O2/c38-33-32(39-34(35-27-13-5-1-6-14-27)37(33)30-19-11-4-12-20-30)25-26-21-23-31(24-22-26)36(28-15-7-2-8-16-28)29-17-9-3-10-18-29/h2-3,7-10,15-18,21-25,27,30H,1,4-6,11-14,19-20H2/b32-25+,35-34+. The summed E-state index contributed by atoms with van der Waals surface area (Å²) in [7, 11) is 0. The summed E-state index contributed by atoms with van der Waals surface area (Å²) in [6.45, 7) is 0. The topological polar surface area (TPSA) is 45.1 Å². The first-order valence-corrected chi connectivity index (χ1v) is 14.6. The molecule has 0 N–H and O–H groups in total. The first-order chi connectivity index (χ1) is 19.3. The maximum absolute atomic E-state index is 13.6. The number of nitrogens with zero attached hydrogens (tertiary/aromatic N) is 3. The second-order valence-corrected chi connectivity index (χ2v) is 10.9. The molecule has 2 aliphatic carbocycles. The van der Waals surface area contributed by atoms with Crippen molar-refractivity contribution >= 4 is 35.1 Å². The summed E-state index contributed by atoms with van der Waals surface area (Å²) >= 11 is 0. The van der Waals surface area contributed by atoms with Gasteiger partial charge in [0.25, 0.3) is 5.91 Å². The van der Waals surface area contributed by atoms with Gasteiger partial charge < -0.3 is 9.64 Å². The van der Waals surface area contributed by atoms with E-state index in [9.17, 15) is 4.79 Å². The van der Waals surface area contributed by atoms with E-state index in [2.05, 4.69) is 77.7 Å². The van der Waals surface area contributed by atoms with Gasteiger partial charge in [-0.1, -0.05) is 87.1 Å². The molecule has 3 aromatic carbocycles. The Labute approximate surface area is 231 Å². The van der Waals surface area contributed by atoms with Gasteiger partial charge in [0.05, 0.1) is 6.04 Å². The molecule has 6 rings (SSSR count). The van der Waals surface area contributed by atoms with Crippen LogP contribution in [-0.4, -0.2) is 28.9 Å². The third-order valence-electron chi connectivity index (χ3n) is 8.12. The number of hydrogen-bond donors (Lipinski definition) is 0. The first kappa shape index (κ1) is 25.4. The number of benzene rings is 3. The number of carbonyl (C=O) groups excluding carboxylic acids is 1. The highest BCUT2D eigenvalue weighted by molar-refractivity contribution is 6.11. The number of amides is 1. The summed E-state index contributed by atoms with van der Waals surface area (Å²) in [6.07, 6.45) is 13.3. The molecule has 1 amide bonds. The Morgan fingerprint density at radius 3 is 1.82 bits per heavy atom. The van der Waals surface area contributed by atoms with Crippen LogP contribution in [0.15, 0.2) is 95.7 Å². The Morgan fingerprint density at radius 1 is 0.692 bits per heavy atom. The van der Waals surface area contributed by atoms with Crippen molar-refractivity contribution in [2.24, 2.45) is 4.99 Å². The van der Waals surface area contributed by atoms with Gasteiger partial charge in [-0.25, -0.2) is 4.99 Å². The van der Waals surface area contributed by atoms with Gasteiger partial charge in [-0.2, -0.15) is 0 Å². The summed E-state index contributed by atoms with van der Waals surface area (Å²) in [5.41, 5.74) is 4.17. The Hall–Kier alpha value is -3.86. The molecular formula is C34H37N3O2. The quantitative estimate of drug-likeness (QED) is 0.307. The number of ether oxygens (including phenoxy) is 1. The Bertz CT molecular complexity index is 1270. The van der Waals surface area contributed by atoms with Crippen LogP contribution < -0.4 is 4.90 Å². The van der Waals surface area contributed by atoms with Gasteiger partial charge in [-0.05, 0) is 73.7 Å². The average Bonchev–Trinajstić information content (AvgIpc) is 3.30. The van der Waals surface area contributed by atoms with Gasteiger partial charge >= 0.3 is 6.02 Å². The van der Waals surface area contributed by atoms with Crippen molar-refractivity contribution < 1.29 is 9.53 Å². The van der Waals surface area contributed by atoms with Crippen LogP contribution in [-0.2, 0) is 9.53 Å². The molecule has 0 aromatic heterocycles. The number of carbonyl (C=O) groups is 1. The molecule has 3 aliphatic rings. The predicted molar refractivity (Wildman–Crippen MR) is 158 cm³/mol. The van der Waals surface area contributed by atoms with E-state index in [4.69, 9.17) is 9.73 Å². The lowest BCUT2D eigenvalue weighted by atomic mass is 9.94. The highest BCUT2D eigenvalue weighted by atomic mass is 16.5. The summed E-state index contributed by atoms with van der Waals surface area (Å²) in [5.74, 6) is 0.335. The molecule has 5 nitrogen and oxygen atoms in total. The fourth-order valence-corrected chi connectivity index (χ4v) is 6.08. The van der Waals surface area contributed by atoms with Crippen molar-refractivity contribution in [3.8, 4) is 0 Å². The number of aliphatic imine (C=N–C) groups is 1. The van der Waals surface area contributed by atoms with Crippen molar-refractivity contribution in [2.75, 3.05) is 4.90 Å². The zero-order chi connectivity index (χ0) is 26.4. The SMILES string of the molecule is O=C1/C(=C\c2ccc(N(c3ccccc3)c3ccccc3)cc2)O/C(=N/C2CCCCC2)N1C1CCCCC1. The zero-order valence-electron chi connectivity index (χ0n) is 22.5. The van der Waals surface area contributed by atoms with E-state index in [0.717, 1.165) is 61.2 Å². The van der Waals surface area contributed by atoms with Crippen LogP contribution in [0.2, 0.25) is 0 Å². The average molecular weight is 520 g/mol. The van der Waals surface area contributed by atoms with E-state index in [1.165, 1.54) is 25.7 Å². The van der Waals surface area contributed by atoms with Gasteiger partial charge in [-0.15, -0.1) is 0 Å². The van der Waals surface area contributed by atoms with Crippen molar-refractivity contribution in [2.45, 2.75) is 76.3 Å². The molecule has 0 spiro atoms. The minimum atomic E-state index is -0.0456. The molecule has 3 aromatic rings. The molecule has 5 heteroatoms. The van der Waals surface area contributed by atoms with Gasteiger partial charge in [0.15, 0.2) is 5.76 Å². The zero-order valence-corrected chi connectivity index (χ0v) is 22.5. The molecule has 1 saturated heterocycles. The van der Waals surface area contributed by atoms with E-state index in [1.54, 1.807) is 0 Å². The van der Waals surface area contributed by atoms with Crippen LogP contribution in [0.4, 0.5) is 17.1 Å². The molecule has 0 radical (unpaired) electrons. The number of para-hydroxylation sites is 2. The first-order valence-electron chi connectivity index (χ1n) is 14.6. The number of rotatable bonds is 6. The van der Waals surface area contributed by atoms with E-state index in [1.807, 2.05) is 23.1 Å². The number of anilines is 3. The van der Waals surface area contributed by atoms with Gasteiger partial charge in [0.1, 0.15) is 0 Å². The van der Waals surface area contributed by atoms with Gasteiger partial charge in [0.2, 0.25) is 0 Å². The molecule has 3 fully saturated rings. The van der Waals surface area contributed by atoms with Crippen LogP contribution in [0.3, 0.4) is 0 Å². The maximum Gasteiger partial charge on any atom is 0.300 e. The molecule has 1 aliphatic heterocycles. The van der Waals surface area contributed by atoms with E-state index >= 15 is 0 Å². The van der Waals surface area contributed by atoms with Crippen LogP contribution in [0.5, 0.6) is 0 Å². The lowest BCUT2D eigenvalue weighted by Crippen LogP contribution is -2.41. The van der Waals surface area contributed by atoms with E-state index in [0.29, 0.717) is 11.8 Å². The molecule has 200 valence electrons. The van der Waals surface area contributed by atoms with Crippen LogP contribution in [0, 0.1) is 0 Å². The van der Waals surface area contributed by atoms with Crippen LogP contribution in [0.25, 0.3) is 6.08 Å². The lowest BCUT2D eigenvalue weighted by molar-refractivity contribution is -0.124. The predicted octanol–water partition coefficient (Wildman–Crippen LogP) is 8.38. The Morgan fingerprint density at radius 2 is 1.23 bits per heavy atom. The van der Waals surface area contributed by atoms with Crippen molar-refractivity contribution in [1.29, 1.82) is 0 Å². The van der Waals surface area contributed by atoms with E-state index in [-0.39, 0.29) is 18.0 Å². The normalized spacial score (nSPS) is 20.9. The van der Waals surface area contributed by atoms with Crippen LogP contribution >= 0.6 is 0 Å². The van der Waals surface area contributed by atoms with Crippen LogP contribution in [0.1, 0.15) is 69.8 Å². The fraction of sp³-hybridized carbons (Fsp3) is 0.353. The Kier molecular flexibility index (Phi) is 7.75. The lowest BCUT2D eigenvalue weighted by Gasteiger charge is -2.29. The summed E-state index contributed by atoms with van der Waals surface area (Å²) in [5, 5.41) is 0. The molecule has 1 heterocycles. The summed E-state index contributed by atoms with van der Waals surface area (Å²) in [6, 6.07) is 30.0. The number of hydrogen-bond acceptors (Lipinski definition) is 4. The molecule has 0 unspecified atom stereocenters. The molecule has 0 atom stereocenters. The minimum absolute atomic E-state index is 0.0456. The third kappa shape index (κ3) is 5.78.